The number of hydrogen-bond acceptors (Lipinski definition) is 3. The maximum absolute atomic E-state index is 5.70. The molecule has 0 aliphatic rings. The minimum Gasteiger partial charge on any atom is -0.491 e. The van der Waals surface area contributed by atoms with Crippen molar-refractivity contribution in [1.82, 2.24) is 4.98 Å². The van der Waals surface area contributed by atoms with Gasteiger partial charge in [0.15, 0.2) is 0 Å². The molecular formula is C15H18N2O. The van der Waals surface area contributed by atoms with Crippen molar-refractivity contribution in [2.24, 2.45) is 0 Å². The molecule has 0 unspecified atom stereocenters. The van der Waals surface area contributed by atoms with Crippen LogP contribution in [0.4, 0.5) is 5.82 Å². The summed E-state index contributed by atoms with van der Waals surface area (Å²) in [7, 11) is 0. The van der Waals surface area contributed by atoms with Crippen LogP contribution in [-0.4, -0.2) is 18.1 Å². The zero-order valence-corrected chi connectivity index (χ0v) is 10.8. The zero-order valence-electron chi connectivity index (χ0n) is 10.8. The Morgan fingerprint density at radius 3 is 2.67 bits per heavy atom. The quantitative estimate of drug-likeness (QED) is 0.818. The average molecular weight is 242 g/mol. The molecule has 1 heterocycles. The molecule has 0 bridgehead atoms. The summed E-state index contributed by atoms with van der Waals surface area (Å²) in [6.45, 7) is 5.39. The van der Waals surface area contributed by atoms with Gasteiger partial charge < -0.3 is 10.1 Å². The molecule has 94 valence electrons. The first-order valence-electron chi connectivity index (χ1n) is 6.11. The Balaban J connectivity index is 1.78. The van der Waals surface area contributed by atoms with Gasteiger partial charge in [-0.05, 0) is 37.6 Å². The number of nitrogens with one attached hydrogen (secondary N) is 1. The smallest absolute Gasteiger partial charge is 0.126 e. The lowest BCUT2D eigenvalue weighted by molar-refractivity contribution is 0.330. The molecule has 3 heteroatoms. The molecule has 1 aromatic carbocycles. The molecule has 3 nitrogen and oxygen atoms in total. The Morgan fingerprint density at radius 1 is 1.06 bits per heavy atom. The van der Waals surface area contributed by atoms with Crippen LogP contribution in [0.25, 0.3) is 0 Å². The lowest BCUT2D eigenvalue weighted by Gasteiger charge is -2.10. The third-order valence-electron chi connectivity index (χ3n) is 2.65. The Hall–Kier alpha value is -2.03. The summed E-state index contributed by atoms with van der Waals surface area (Å²) < 4.78 is 5.70. The van der Waals surface area contributed by atoms with Gasteiger partial charge in [0.2, 0.25) is 0 Å². The van der Waals surface area contributed by atoms with Crippen LogP contribution in [0.5, 0.6) is 5.75 Å². The topological polar surface area (TPSA) is 34.1 Å². The van der Waals surface area contributed by atoms with Gasteiger partial charge in [-0.25, -0.2) is 4.98 Å². The third-order valence-corrected chi connectivity index (χ3v) is 2.65. The van der Waals surface area contributed by atoms with Crippen LogP contribution in [0.1, 0.15) is 11.3 Å². The van der Waals surface area contributed by atoms with Crippen LogP contribution in [0, 0.1) is 13.8 Å². The molecule has 2 rings (SSSR count). The molecule has 0 atom stereocenters. The second kappa shape index (κ2) is 6.05. The molecule has 18 heavy (non-hydrogen) atoms. The molecule has 0 spiro atoms. The monoisotopic (exact) mass is 242 g/mol. The van der Waals surface area contributed by atoms with Gasteiger partial charge in [0.25, 0.3) is 0 Å². The van der Waals surface area contributed by atoms with Gasteiger partial charge in [-0.15, -0.1) is 0 Å². The van der Waals surface area contributed by atoms with E-state index in [9.17, 15) is 0 Å². The van der Waals surface area contributed by atoms with E-state index in [1.807, 2.05) is 56.3 Å². The zero-order chi connectivity index (χ0) is 12.8. The van der Waals surface area contributed by atoms with E-state index >= 15 is 0 Å². The molecule has 1 aromatic heterocycles. The maximum atomic E-state index is 5.70. The van der Waals surface area contributed by atoms with Crippen molar-refractivity contribution in [3.8, 4) is 5.75 Å². The fourth-order valence-electron chi connectivity index (χ4n) is 1.70. The van der Waals surface area contributed by atoms with Crippen molar-refractivity contribution in [1.29, 1.82) is 0 Å². The summed E-state index contributed by atoms with van der Waals surface area (Å²) >= 11 is 0. The van der Waals surface area contributed by atoms with E-state index in [0.29, 0.717) is 6.61 Å². The van der Waals surface area contributed by atoms with Crippen molar-refractivity contribution in [3.05, 3.63) is 53.7 Å². The highest BCUT2D eigenvalue weighted by Crippen LogP contribution is 2.15. The summed E-state index contributed by atoms with van der Waals surface area (Å²) in [5, 5.41) is 3.24. The predicted octanol–water partition coefficient (Wildman–Crippen LogP) is 3.19. The number of pyridine rings is 1. The Labute approximate surface area is 108 Å². The molecule has 0 fully saturated rings. The van der Waals surface area contributed by atoms with Crippen molar-refractivity contribution in [2.45, 2.75) is 13.8 Å². The van der Waals surface area contributed by atoms with E-state index in [4.69, 9.17) is 4.74 Å². The van der Waals surface area contributed by atoms with E-state index in [2.05, 4.69) is 10.3 Å². The minimum absolute atomic E-state index is 0.625. The van der Waals surface area contributed by atoms with Crippen LogP contribution in [0.2, 0.25) is 0 Å². The van der Waals surface area contributed by atoms with Gasteiger partial charge in [0.1, 0.15) is 18.2 Å². The Bertz CT molecular complexity index is 511. The molecule has 0 amide bonds. The first-order valence-corrected chi connectivity index (χ1v) is 6.11. The summed E-state index contributed by atoms with van der Waals surface area (Å²) in [5.74, 6) is 1.83. The summed E-state index contributed by atoms with van der Waals surface area (Å²) in [5.41, 5.74) is 2.17. The largest absolute Gasteiger partial charge is 0.491 e. The van der Waals surface area contributed by atoms with Crippen molar-refractivity contribution >= 4 is 5.82 Å². The second-order valence-corrected chi connectivity index (χ2v) is 4.20. The fraction of sp³-hybridized carbons (Fsp3) is 0.267. The van der Waals surface area contributed by atoms with Crippen molar-refractivity contribution in [2.75, 3.05) is 18.5 Å². The first-order chi connectivity index (χ1) is 8.75. The molecule has 0 radical (unpaired) electrons. The molecule has 2 aromatic rings. The van der Waals surface area contributed by atoms with E-state index in [1.165, 1.54) is 0 Å². The minimum atomic E-state index is 0.625. The highest BCUT2D eigenvalue weighted by atomic mass is 16.5. The van der Waals surface area contributed by atoms with Crippen LogP contribution in [0.3, 0.4) is 0 Å². The maximum Gasteiger partial charge on any atom is 0.126 e. The summed E-state index contributed by atoms with van der Waals surface area (Å²) in [6, 6.07) is 14.0. The standard InChI is InChI=1S/C15H18N2O/c1-12-6-3-4-8-14(12)18-11-10-16-15-9-5-7-13(2)17-15/h3-9H,10-11H2,1-2H3,(H,16,17). The van der Waals surface area contributed by atoms with Gasteiger partial charge >= 0.3 is 0 Å². The van der Waals surface area contributed by atoms with Gasteiger partial charge in [-0.2, -0.15) is 0 Å². The van der Waals surface area contributed by atoms with E-state index in [0.717, 1.165) is 29.4 Å². The molecule has 0 saturated heterocycles. The van der Waals surface area contributed by atoms with E-state index < -0.39 is 0 Å². The fourth-order valence-corrected chi connectivity index (χ4v) is 1.70. The van der Waals surface area contributed by atoms with Gasteiger partial charge in [-0.1, -0.05) is 24.3 Å². The highest BCUT2D eigenvalue weighted by molar-refractivity contribution is 5.35. The Kier molecular flexibility index (Phi) is 4.18. The molecular weight excluding hydrogens is 224 g/mol. The third kappa shape index (κ3) is 3.48. The number of hydrogen-bond donors (Lipinski definition) is 1. The molecule has 0 saturated carbocycles. The number of ether oxygens (including phenoxy) is 1. The lowest BCUT2D eigenvalue weighted by atomic mass is 10.2. The molecule has 1 N–H and O–H groups in total. The number of anilines is 1. The first kappa shape index (κ1) is 12.4. The van der Waals surface area contributed by atoms with Gasteiger partial charge in [-0.3, -0.25) is 0 Å². The number of para-hydroxylation sites is 1. The summed E-state index contributed by atoms with van der Waals surface area (Å²) in [6.07, 6.45) is 0. The molecule has 0 aliphatic carbocycles. The van der Waals surface area contributed by atoms with Crippen LogP contribution in [-0.2, 0) is 0 Å². The van der Waals surface area contributed by atoms with Crippen molar-refractivity contribution in [3.63, 3.8) is 0 Å². The number of aromatic nitrogens is 1. The lowest BCUT2D eigenvalue weighted by Crippen LogP contribution is -2.12. The van der Waals surface area contributed by atoms with Crippen molar-refractivity contribution < 1.29 is 4.74 Å². The van der Waals surface area contributed by atoms with Gasteiger partial charge in [0.05, 0.1) is 6.54 Å². The van der Waals surface area contributed by atoms with Crippen LogP contribution >= 0.6 is 0 Å². The number of rotatable bonds is 5. The van der Waals surface area contributed by atoms with Crippen LogP contribution < -0.4 is 10.1 Å². The number of benzene rings is 1. The van der Waals surface area contributed by atoms with E-state index in [1.54, 1.807) is 0 Å². The normalized spacial score (nSPS) is 10.1. The van der Waals surface area contributed by atoms with E-state index in [-0.39, 0.29) is 0 Å². The Morgan fingerprint density at radius 2 is 1.89 bits per heavy atom. The number of nitrogens with zero attached hydrogens (tertiary/aromatic N) is 1. The SMILES string of the molecule is Cc1cccc(NCCOc2ccccc2C)n1. The summed E-state index contributed by atoms with van der Waals surface area (Å²) in [4.78, 5) is 4.37. The average Bonchev–Trinajstić information content (AvgIpc) is 2.37. The second-order valence-electron chi connectivity index (χ2n) is 4.20. The molecule has 0 aliphatic heterocycles. The van der Waals surface area contributed by atoms with Crippen LogP contribution in [0.15, 0.2) is 42.5 Å². The number of aryl methyl sites for hydroxylation is 2. The van der Waals surface area contributed by atoms with Gasteiger partial charge in [0, 0.05) is 5.69 Å². The predicted molar refractivity (Wildman–Crippen MR) is 74.1 cm³/mol. The highest BCUT2D eigenvalue weighted by Gasteiger charge is 1.97.